The molecule has 1 atom stereocenters. The van der Waals surface area contributed by atoms with E-state index in [-0.39, 0.29) is 17.4 Å². The number of unbranched alkanes of at least 4 members (excludes halogenated alkanes) is 1. The van der Waals surface area contributed by atoms with Crippen molar-refractivity contribution in [2.75, 3.05) is 6.54 Å². The van der Waals surface area contributed by atoms with Crippen LogP contribution in [0.3, 0.4) is 0 Å². The number of carbonyl (C=O) groups excluding carboxylic acids is 2. The fourth-order valence-corrected chi connectivity index (χ4v) is 4.64. The number of likely N-dealkylation sites (tertiary alicyclic amines) is 1. The molecule has 0 aliphatic carbocycles. The lowest BCUT2D eigenvalue weighted by Crippen LogP contribution is -2.30. The predicted molar refractivity (Wildman–Crippen MR) is 148 cm³/mol. The smallest absolute Gasteiger partial charge is 0.295 e. The first-order chi connectivity index (χ1) is 18.3. The van der Waals surface area contributed by atoms with Crippen molar-refractivity contribution < 1.29 is 24.2 Å². The molecule has 0 aromatic heterocycles. The Hall–Kier alpha value is -4.06. The van der Waals surface area contributed by atoms with Gasteiger partial charge in [-0.15, -0.1) is 0 Å². The molecule has 6 nitrogen and oxygen atoms in total. The lowest BCUT2D eigenvalue weighted by molar-refractivity contribution is -0.139. The van der Waals surface area contributed by atoms with Crippen molar-refractivity contribution in [2.24, 2.45) is 0 Å². The van der Waals surface area contributed by atoms with Crippen LogP contribution in [-0.4, -0.2) is 34.3 Å². The van der Waals surface area contributed by atoms with E-state index < -0.39 is 17.7 Å². The van der Waals surface area contributed by atoms with Crippen LogP contribution in [0.2, 0.25) is 0 Å². The molecule has 1 N–H and O–H groups in total. The summed E-state index contributed by atoms with van der Waals surface area (Å²) < 4.78 is 11.7. The summed E-state index contributed by atoms with van der Waals surface area (Å²) in [5.41, 5.74) is 3.18. The molecule has 0 saturated carbocycles. The lowest BCUT2D eigenvalue weighted by Gasteiger charge is -2.25. The Balaban J connectivity index is 1.68. The third-order valence-corrected chi connectivity index (χ3v) is 6.55. The van der Waals surface area contributed by atoms with Crippen molar-refractivity contribution in [2.45, 2.75) is 59.3 Å². The number of benzene rings is 3. The van der Waals surface area contributed by atoms with Crippen molar-refractivity contribution in [3.05, 3.63) is 101 Å². The van der Waals surface area contributed by atoms with Crippen LogP contribution in [0, 0.1) is 6.92 Å². The zero-order valence-electron chi connectivity index (χ0n) is 22.4. The van der Waals surface area contributed by atoms with Crippen molar-refractivity contribution in [3.63, 3.8) is 0 Å². The van der Waals surface area contributed by atoms with E-state index in [0.717, 1.165) is 29.5 Å². The normalized spacial score (nSPS) is 16.8. The number of Topliss-reactive ketones (excluding diaryl/α,β-unsaturated/α-hetero) is 1. The molecule has 0 spiro atoms. The van der Waals surface area contributed by atoms with Gasteiger partial charge in [-0.1, -0.05) is 55.8 Å². The number of ether oxygens (including phenoxy) is 2. The van der Waals surface area contributed by atoms with Gasteiger partial charge in [-0.05, 0) is 74.2 Å². The van der Waals surface area contributed by atoms with Gasteiger partial charge in [0, 0.05) is 12.1 Å². The Labute approximate surface area is 224 Å². The molecular weight excluding hydrogens is 478 g/mol. The van der Waals surface area contributed by atoms with E-state index in [1.807, 2.05) is 82.3 Å². The molecule has 1 unspecified atom stereocenters. The Morgan fingerprint density at radius 3 is 2.34 bits per heavy atom. The second-order valence-electron chi connectivity index (χ2n) is 9.84. The summed E-state index contributed by atoms with van der Waals surface area (Å²) in [5, 5.41) is 11.4. The SMILES string of the molecule is CCCCN1C(=O)C(=O)/C(=C(\O)c2ccc(OCc3ccccc3)c(C)c2)C1c1ccc(OC(C)C)cc1. The summed E-state index contributed by atoms with van der Waals surface area (Å²) in [5.74, 6) is -0.0603. The lowest BCUT2D eigenvalue weighted by atomic mass is 9.94. The van der Waals surface area contributed by atoms with Crippen LogP contribution < -0.4 is 9.47 Å². The van der Waals surface area contributed by atoms with Crippen molar-refractivity contribution in [3.8, 4) is 11.5 Å². The highest BCUT2D eigenvalue weighted by Gasteiger charge is 2.45. The summed E-state index contributed by atoms with van der Waals surface area (Å²) in [6.45, 7) is 8.68. The fourth-order valence-electron chi connectivity index (χ4n) is 4.64. The van der Waals surface area contributed by atoms with Crippen LogP contribution in [0.5, 0.6) is 11.5 Å². The Morgan fingerprint density at radius 1 is 1.00 bits per heavy atom. The molecule has 1 amide bonds. The number of hydrogen-bond donors (Lipinski definition) is 1. The second kappa shape index (κ2) is 12.0. The topological polar surface area (TPSA) is 76.1 Å². The Kier molecular flexibility index (Phi) is 8.52. The zero-order valence-corrected chi connectivity index (χ0v) is 22.4. The quantitative estimate of drug-likeness (QED) is 0.188. The second-order valence-corrected chi connectivity index (χ2v) is 9.84. The molecule has 1 heterocycles. The number of hydrogen-bond acceptors (Lipinski definition) is 5. The molecule has 3 aromatic carbocycles. The average Bonchev–Trinajstić information content (AvgIpc) is 3.16. The third-order valence-electron chi connectivity index (χ3n) is 6.55. The standard InChI is InChI=1S/C32H35NO5/c1-5-6-18-33-29(24-12-15-26(16-13-24)38-21(2)3)28(31(35)32(33)36)30(34)25-14-17-27(22(4)19-25)37-20-23-10-8-7-9-11-23/h7-17,19,21,29,34H,5-6,18,20H2,1-4H3/b30-28-. The largest absolute Gasteiger partial charge is 0.507 e. The van der Waals surface area contributed by atoms with E-state index in [1.54, 1.807) is 23.1 Å². The van der Waals surface area contributed by atoms with Gasteiger partial charge in [-0.25, -0.2) is 0 Å². The van der Waals surface area contributed by atoms with Gasteiger partial charge < -0.3 is 19.5 Å². The molecule has 1 aliphatic rings. The van der Waals surface area contributed by atoms with E-state index in [2.05, 4.69) is 0 Å². The molecule has 38 heavy (non-hydrogen) atoms. The van der Waals surface area contributed by atoms with E-state index in [0.29, 0.717) is 30.2 Å². The summed E-state index contributed by atoms with van der Waals surface area (Å²) >= 11 is 0. The van der Waals surface area contributed by atoms with Crippen LogP contribution in [0.4, 0.5) is 0 Å². The van der Waals surface area contributed by atoms with Crippen LogP contribution in [0.15, 0.2) is 78.4 Å². The minimum absolute atomic E-state index is 0.0268. The summed E-state index contributed by atoms with van der Waals surface area (Å²) in [7, 11) is 0. The minimum Gasteiger partial charge on any atom is -0.507 e. The van der Waals surface area contributed by atoms with E-state index in [4.69, 9.17) is 9.47 Å². The number of nitrogens with zero attached hydrogens (tertiary/aromatic N) is 1. The number of rotatable bonds is 10. The molecule has 1 aliphatic heterocycles. The molecule has 0 bridgehead atoms. The first-order valence-electron chi connectivity index (χ1n) is 13.1. The van der Waals surface area contributed by atoms with Gasteiger partial charge in [0.05, 0.1) is 17.7 Å². The van der Waals surface area contributed by atoms with Crippen LogP contribution in [-0.2, 0) is 16.2 Å². The molecule has 198 valence electrons. The van der Waals surface area contributed by atoms with Gasteiger partial charge in [-0.3, -0.25) is 9.59 Å². The zero-order chi connectivity index (χ0) is 27.2. The molecular formula is C32H35NO5. The van der Waals surface area contributed by atoms with E-state index in [1.165, 1.54) is 0 Å². The number of ketones is 1. The Morgan fingerprint density at radius 2 is 1.71 bits per heavy atom. The number of amides is 1. The number of aliphatic hydroxyl groups excluding tert-OH is 1. The first kappa shape index (κ1) is 27.0. The third kappa shape index (κ3) is 5.91. The average molecular weight is 514 g/mol. The van der Waals surface area contributed by atoms with Gasteiger partial charge in [0.1, 0.15) is 23.9 Å². The summed E-state index contributed by atoms with van der Waals surface area (Å²) in [4.78, 5) is 27.9. The number of carbonyl (C=O) groups is 2. The highest BCUT2D eigenvalue weighted by molar-refractivity contribution is 6.46. The van der Waals surface area contributed by atoms with Crippen LogP contribution in [0.1, 0.15) is 61.9 Å². The Bertz CT molecular complexity index is 1310. The summed E-state index contributed by atoms with van der Waals surface area (Å²) in [6.07, 6.45) is 1.66. The van der Waals surface area contributed by atoms with E-state index >= 15 is 0 Å². The van der Waals surface area contributed by atoms with Gasteiger partial charge in [-0.2, -0.15) is 0 Å². The van der Waals surface area contributed by atoms with Gasteiger partial charge >= 0.3 is 0 Å². The van der Waals surface area contributed by atoms with Crippen LogP contribution in [0.25, 0.3) is 5.76 Å². The number of aryl methyl sites for hydroxylation is 1. The van der Waals surface area contributed by atoms with Gasteiger partial charge in [0.15, 0.2) is 0 Å². The number of aliphatic hydroxyl groups is 1. The highest BCUT2D eigenvalue weighted by atomic mass is 16.5. The van der Waals surface area contributed by atoms with Crippen molar-refractivity contribution >= 4 is 17.4 Å². The van der Waals surface area contributed by atoms with Crippen molar-refractivity contribution in [1.29, 1.82) is 0 Å². The molecule has 1 fully saturated rings. The maximum atomic E-state index is 13.2. The summed E-state index contributed by atoms with van der Waals surface area (Å²) in [6, 6.07) is 21.9. The fraction of sp³-hybridized carbons (Fsp3) is 0.312. The maximum Gasteiger partial charge on any atom is 0.295 e. The molecule has 1 saturated heterocycles. The van der Waals surface area contributed by atoms with Crippen LogP contribution >= 0.6 is 0 Å². The minimum atomic E-state index is -0.677. The van der Waals surface area contributed by atoms with Crippen molar-refractivity contribution in [1.82, 2.24) is 4.90 Å². The monoisotopic (exact) mass is 513 g/mol. The van der Waals surface area contributed by atoms with Gasteiger partial charge in [0.2, 0.25) is 0 Å². The molecule has 0 radical (unpaired) electrons. The van der Waals surface area contributed by atoms with Gasteiger partial charge in [0.25, 0.3) is 11.7 Å². The predicted octanol–water partition coefficient (Wildman–Crippen LogP) is 6.58. The van der Waals surface area contributed by atoms with E-state index in [9.17, 15) is 14.7 Å². The first-order valence-corrected chi connectivity index (χ1v) is 13.1. The molecule has 3 aromatic rings. The maximum absolute atomic E-state index is 13.2. The highest BCUT2D eigenvalue weighted by Crippen LogP contribution is 2.40. The molecule has 6 heteroatoms. The molecule has 4 rings (SSSR count).